The summed E-state index contributed by atoms with van der Waals surface area (Å²) in [6, 6.07) is 5.87. The SMILES string of the molecule is CC(C(=O)Nc1ccc2c(c1)CCO2)C1CNC1. The highest BCUT2D eigenvalue weighted by Gasteiger charge is 2.28. The first-order valence-electron chi connectivity index (χ1n) is 6.51. The van der Waals surface area contributed by atoms with Gasteiger partial charge in [-0.05, 0) is 42.8 Å². The molecule has 1 aromatic carbocycles. The van der Waals surface area contributed by atoms with Gasteiger partial charge >= 0.3 is 0 Å². The van der Waals surface area contributed by atoms with E-state index in [1.54, 1.807) is 0 Å². The Morgan fingerprint density at radius 3 is 3.06 bits per heavy atom. The van der Waals surface area contributed by atoms with Crippen molar-refractivity contribution >= 4 is 11.6 Å². The molecule has 3 rings (SSSR count). The van der Waals surface area contributed by atoms with E-state index in [-0.39, 0.29) is 11.8 Å². The molecule has 1 saturated heterocycles. The molecule has 18 heavy (non-hydrogen) atoms. The van der Waals surface area contributed by atoms with Crippen molar-refractivity contribution in [3.05, 3.63) is 23.8 Å². The quantitative estimate of drug-likeness (QED) is 0.848. The average Bonchev–Trinajstić information content (AvgIpc) is 2.73. The van der Waals surface area contributed by atoms with E-state index in [9.17, 15) is 4.79 Å². The topological polar surface area (TPSA) is 50.4 Å². The molecule has 1 amide bonds. The zero-order chi connectivity index (χ0) is 12.5. The van der Waals surface area contributed by atoms with Gasteiger partial charge in [-0.25, -0.2) is 0 Å². The molecule has 0 radical (unpaired) electrons. The van der Waals surface area contributed by atoms with Crippen molar-refractivity contribution in [2.45, 2.75) is 13.3 Å². The zero-order valence-corrected chi connectivity index (χ0v) is 10.5. The Hall–Kier alpha value is -1.55. The van der Waals surface area contributed by atoms with Gasteiger partial charge in [-0.1, -0.05) is 6.92 Å². The van der Waals surface area contributed by atoms with Crippen molar-refractivity contribution in [2.75, 3.05) is 25.0 Å². The van der Waals surface area contributed by atoms with Crippen molar-refractivity contribution in [1.82, 2.24) is 5.32 Å². The molecule has 0 bridgehead atoms. The van der Waals surface area contributed by atoms with Gasteiger partial charge in [0.25, 0.3) is 0 Å². The highest BCUT2D eigenvalue weighted by Crippen LogP contribution is 2.28. The first-order chi connectivity index (χ1) is 8.74. The van der Waals surface area contributed by atoms with E-state index in [0.717, 1.165) is 37.6 Å². The third-order valence-corrected chi connectivity index (χ3v) is 3.89. The number of fused-ring (bicyclic) bond motifs is 1. The Kier molecular flexibility index (Phi) is 2.96. The summed E-state index contributed by atoms with van der Waals surface area (Å²) in [5, 5.41) is 6.20. The second kappa shape index (κ2) is 4.61. The van der Waals surface area contributed by atoms with Gasteiger partial charge in [0.15, 0.2) is 0 Å². The second-order valence-electron chi connectivity index (χ2n) is 5.12. The number of hydrogen-bond donors (Lipinski definition) is 2. The second-order valence-corrected chi connectivity index (χ2v) is 5.12. The van der Waals surface area contributed by atoms with Gasteiger partial charge < -0.3 is 15.4 Å². The number of nitrogens with one attached hydrogen (secondary N) is 2. The number of amides is 1. The summed E-state index contributed by atoms with van der Waals surface area (Å²) < 4.78 is 5.45. The van der Waals surface area contributed by atoms with Crippen LogP contribution in [0.25, 0.3) is 0 Å². The Balaban J connectivity index is 1.66. The van der Waals surface area contributed by atoms with Crippen LogP contribution in [0.1, 0.15) is 12.5 Å². The molecule has 96 valence electrons. The zero-order valence-electron chi connectivity index (χ0n) is 10.5. The molecule has 1 fully saturated rings. The van der Waals surface area contributed by atoms with Gasteiger partial charge in [0.05, 0.1) is 6.61 Å². The lowest BCUT2D eigenvalue weighted by Gasteiger charge is -2.31. The molecular formula is C14H18N2O2. The Labute approximate surface area is 107 Å². The number of anilines is 1. The predicted octanol–water partition coefficient (Wildman–Crippen LogP) is 1.42. The van der Waals surface area contributed by atoms with Gasteiger partial charge in [0, 0.05) is 18.0 Å². The smallest absolute Gasteiger partial charge is 0.227 e. The summed E-state index contributed by atoms with van der Waals surface area (Å²) in [6.07, 6.45) is 0.932. The summed E-state index contributed by atoms with van der Waals surface area (Å²) >= 11 is 0. The lowest BCUT2D eigenvalue weighted by atomic mass is 9.88. The van der Waals surface area contributed by atoms with Crippen molar-refractivity contribution < 1.29 is 9.53 Å². The van der Waals surface area contributed by atoms with E-state index in [4.69, 9.17) is 4.74 Å². The third-order valence-electron chi connectivity index (χ3n) is 3.89. The van der Waals surface area contributed by atoms with E-state index in [1.165, 1.54) is 5.56 Å². The Morgan fingerprint density at radius 1 is 1.50 bits per heavy atom. The highest BCUT2D eigenvalue weighted by atomic mass is 16.5. The van der Waals surface area contributed by atoms with Crippen LogP contribution < -0.4 is 15.4 Å². The Bertz CT molecular complexity index is 469. The van der Waals surface area contributed by atoms with Crippen LogP contribution in [0.3, 0.4) is 0 Å². The minimum Gasteiger partial charge on any atom is -0.493 e. The van der Waals surface area contributed by atoms with Crippen molar-refractivity contribution in [3.8, 4) is 5.75 Å². The van der Waals surface area contributed by atoms with Crippen LogP contribution in [0.15, 0.2) is 18.2 Å². The van der Waals surface area contributed by atoms with Crippen LogP contribution in [0.5, 0.6) is 5.75 Å². The summed E-state index contributed by atoms with van der Waals surface area (Å²) in [5.74, 6) is 1.60. The maximum absolute atomic E-state index is 12.1. The minimum atomic E-state index is 0.0655. The van der Waals surface area contributed by atoms with Crippen LogP contribution in [-0.2, 0) is 11.2 Å². The van der Waals surface area contributed by atoms with E-state index >= 15 is 0 Å². The Morgan fingerprint density at radius 2 is 2.33 bits per heavy atom. The molecule has 0 spiro atoms. The fourth-order valence-corrected chi connectivity index (χ4v) is 2.40. The van der Waals surface area contributed by atoms with Crippen molar-refractivity contribution in [3.63, 3.8) is 0 Å². The van der Waals surface area contributed by atoms with Crippen LogP contribution in [0.2, 0.25) is 0 Å². The summed E-state index contributed by atoms with van der Waals surface area (Å²) in [7, 11) is 0. The third kappa shape index (κ3) is 2.08. The summed E-state index contributed by atoms with van der Waals surface area (Å²) in [6.45, 7) is 4.65. The maximum atomic E-state index is 12.1. The summed E-state index contributed by atoms with van der Waals surface area (Å²) in [4.78, 5) is 12.1. The number of hydrogen-bond acceptors (Lipinski definition) is 3. The molecule has 1 atom stereocenters. The normalized spacial score (nSPS) is 19.6. The highest BCUT2D eigenvalue weighted by molar-refractivity contribution is 5.92. The number of benzene rings is 1. The molecule has 1 aromatic rings. The molecule has 2 aliphatic rings. The fraction of sp³-hybridized carbons (Fsp3) is 0.500. The molecular weight excluding hydrogens is 228 g/mol. The van der Waals surface area contributed by atoms with Crippen molar-refractivity contribution in [1.29, 1.82) is 0 Å². The number of carbonyl (C=O) groups is 1. The lowest BCUT2D eigenvalue weighted by molar-refractivity contribution is -0.121. The first kappa shape index (κ1) is 11.5. The maximum Gasteiger partial charge on any atom is 0.227 e. The molecule has 0 aromatic heterocycles. The molecule has 2 aliphatic heterocycles. The molecule has 2 N–H and O–H groups in total. The lowest BCUT2D eigenvalue weighted by Crippen LogP contribution is -2.48. The largest absolute Gasteiger partial charge is 0.493 e. The summed E-state index contributed by atoms with van der Waals surface area (Å²) in [5.41, 5.74) is 2.06. The van der Waals surface area contributed by atoms with Gasteiger partial charge in [0.1, 0.15) is 5.75 Å². The van der Waals surface area contributed by atoms with E-state index < -0.39 is 0 Å². The molecule has 4 heteroatoms. The predicted molar refractivity (Wildman–Crippen MR) is 69.8 cm³/mol. The van der Waals surface area contributed by atoms with E-state index in [0.29, 0.717) is 5.92 Å². The average molecular weight is 246 g/mol. The van der Waals surface area contributed by atoms with Crippen molar-refractivity contribution in [2.24, 2.45) is 11.8 Å². The van der Waals surface area contributed by atoms with Gasteiger partial charge in [-0.2, -0.15) is 0 Å². The van der Waals surface area contributed by atoms with E-state index in [2.05, 4.69) is 10.6 Å². The van der Waals surface area contributed by atoms with Crippen LogP contribution in [0.4, 0.5) is 5.69 Å². The van der Waals surface area contributed by atoms with Crippen LogP contribution >= 0.6 is 0 Å². The molecule has 0 aliphatic carbocycles. The standard InChI is InChI=1S/C14H18N2O2/c1-9(11-7-15-8-11)14(17)16-12-2-3-13-10(6-12)4-5-18-13/h2-3,6,9,11,15H,4-5,7-8H2,1H3,(H,16,17). The fourth-order valence-electron chi connectivity index (χ4n) is 2.40. The number of rotatable bonds is 3. The monoisotopic (exact) mass is 246 g/mol. The number of carbonyl (C=O) groups excluding carboxylic acids is 1. The van der Waals surface area contributed by atoms with Crippen LogP contribution in [-0.4, -0.2) is 25.6 Å². The number of ether oxygens (including phenoxy) is 1. The van der Waals surface area contributed by atoms with E-state index in [1.807, 2.05) is 25.1 Å². The van der Waals surface area contributed by atoms with Crippen LogP contribution in [0, 0.1) is 11.8 Å². The molecule has 4 nitrogen and oxygen atoms in total. The first-order valence-corrected chi connectivity index (χ1v) is 6.51. The van der Waals surface area contributed by atoms with Gasteiger partial charge in [-0.15, -0.1) is 0 Å². The van der Waals surface area contributed by atoms with Gasteiger partial charge in [0.2, 0.25) is 5.91 Å². The minimum absolute atomic E-state index is 0.0655. The molecule has 1 unspecified atom stereocenters. The van der Waals surface area contributed by atoms with Gasteiger partial charge in [-0.3, -0.25) is 4.79 Å². The molecule has 0 saturated carbocycles. The molecule has 2 heterocycles.